The summed E-state index contributed by atoms with van der Waals surface area (Å²) >= 11 is 0. The van der Waals surface area contributed by atoms with Crippen LogP contribution in [-0.4, -0.2) is 32.2 Å². The Morgan fingerprint density at radius 1 is 1.52 bits per heavy atom. The van der Waals surface area contributed by atoms with Crippen molar-refractivity contribution >= 4 is 5.91 Å². The molecule has 1 atom stereocenters. The van der Waals surface area contributed by atoms with E-state index in [1.807, 2.05) is 0 Å². The van der Waals surface area contributed by atoms with Gasteiger partial charge in [-0.25, -0.2) is 0 Å². The number of amides is 1. The number of methoxy groups -OCH3 is 1. The van der Waals surface area contributed by atoms with Gasteiger partial charge in [0.1, 0.15) is 6.10 Å². The topological polar surface area (TPSA) is 73.6 Å². The van der Waals surface area contributed by atoms with Crippen LogP contribution in [0.15, 0.2) is 30.4 Å². The van der Waals surface area contributed by atoms with Crippen molar-refractivity contribution in [3.63, 3.8) is 0 Å². The minimum absolute atomic E-state index is 0.107. The first-order valence-electron chi connectivity index (χ1n) is 7.27. The molecule has 0 radical (unpaired) electrons. The normalized spacial score (nSPS) is 17.2. The molecule has 7 heteroatoms. The number of hydrogen-bond donors (Lipinski definition) is 2. The number of hydrogen-bond acceptors (Lipinski definition) is 4. The molecule has 1 aliphatic rings. The summed E-state index contributed by atoms with van der Waals surface area (Å²) in [5.74, 6) is -0.308. The number of benzene rings is 1. The summed E-state index contributed by atoms with van der Waals surface area (Å²) in [6.45, 7) is 0.630. The number of fused-ring (bicyclic) bond motifs is 1. The lowest BCUT2D eigenvalue weighted by Crippen LogP contribution is -2.37. The Morgan fingerprint density at radius 2 is 2.30 bits per heavy atom. The van der Waals surface area contributed by atoms with Crippen molar-refractivity contribution in [3.8, 4) is 0 Å². The second kappa shape index (κ2) is 7.63. The maximum atomic E-state index is 13.6. The third kappa shape index (κ3) is 4.34. The van der Waals surface area contributed by atoms with E-state index in [4.69, 9.17) is 10.5 Å². The predicted octanol–water partition coefficient (Wildman–Crippen LogP) is 1.45. The van der Waals surface area contributed by atoms with Crippen LogP contribution in [0.3, 0.4) is 0 Å². The molecule has 1 aromatic rings. The van der Waals surface area contributed by atoms with E-state index in [1.54, 1.807) is 24.3 Å². The maximum absolute atomic E-state index is 13.6. The summed E-state index contributed by atoms with van der Waals surface area (Å²) in [4.78, 5) is 12.0. The van der Waals surface area contributed by atoms with E-state index in [-0.39, 0.29) is 24.5 Å². The van der Waals surface area contributed by atoms with Crippen LogP contribution in [0.2, 0.25) is 0 Å². The van der Waals surface area contributed by atoms with Crippen molar-refractivity contribution in [1.82, 2.24) is 5.32 Å². The quantitative estimate of drug-likeness (QED) is 0.744. The van der Waals surface area contributed by atoms with Gasteiger partial charge in [-0.05, 0) is 17.2 Å². The van der Waals surface area contributed by atoms with Gasteiger partial charge in [-0.3, -0.25) is 4.79 Å². The molecule has 1 amide bonds. The Hall–Kier alpha value is -1.83. The summed E-state index contributed by atoms with van der Waals surface area (Å²) in [5, 5.41) is 2.68. The smallest absolute Gasteiger partial charge is 0.371 e. The average Bonchev–Trinajstić information content (AvgIpc) is 2.84. The number of nitrogens with two attached hydrogens (primary N) is 1. The Kier molecular flexibility index (Phi) is 5.81. The highest BCUT2D eigenvalue weighted by molar-refractivity contribution is 5.81. The number of carbonyl (C=O) groups excluding carboxylic acids is 1. The molecule has 3 N–H and O–H groups in total. The molecule has 0 saturated heterocycles. The fraction of sp³-hybridized carbons (Fsp3) is 0.438. The van der Waals surface area contributed by atoms with Crippen molar-refractivity contribution in [2.45, 2.75) is 25.2 Å². The van der Waals surface area contributed by atoms with Crippen molar-refractivity contribution in [2.24, 2.45) is 5.73 Å². The Balaban J connectivity index is 2.02. The first-order valence-corrected chi connectivity index (χ1v) is 7.27. The first kappa shape index (κ1) is 17.5. The van der Waals surface area contributed by atoms with Gasteiger partial charge in [0.2, 0.25) is 5.91 Å². The summed E-state index contributed by atoms with van der Waals surface area (Å²) in [7, 11) is 1.41. The number of halogens is 2. The SMILES string of the molecule is COC(Cc1ccc2c(c1)C(F)(F)OC2)C(=O)NCC=CCN. The zero-order valence-electron chi connectivity index (χ0n) is 12.9. The molecule has 0 fully saturated rings. The molecular formula is C16H20F2N2O3. The van der Waals surface area contributed by atoms with E-state index < -0.39 is 12.2 Å². The first-order chi connectivity index (χ1) is 11.0. The van der Waals surface area contributed by atoms with Gasteiger partial charge in [0.05, 0.1) is 12.2 Å². The highest BCUT2D eigenvalue weighted by Crippen LogP contribution is 2.39. The molecule has 0 aromatic heterocycles. The van der Waals surface area contributed by atoms with E-state index in [0.29, 0.717) is 24.2 Å². The van der Waals surface area contributed by atoms with Crippen LogP contribution in [-0.2, 0) is 33.4 Å². The summed E-state index contributed by atoms with van der Waals surface area (Å²) in [5.41, 5.74) is 6.22. The van der Waals surface area contributed by atoms with Gasteiger partial charge >= 0.3 is 6.11 Å². The number of nitrogens with one attached hydrogen (secondary N) is 1. The predicted molar refractivity (Wildman–Crippen MR) is 80.8 cm³/mol. The maximum Gasteiger partial charge on any atom is 0.383 e. The van der Waals surface area contributed by atoms with Crippen LogP contribution in [0.1, 0.15) is 16.7 Å². The second-order valence-corrected chi connectivity index (χ2v) is 5.18. The van der Waals surface area contributed by atoms with E-state index in [9.17, 15) is 13.6 Å². The molecule has 1 aromatic carbocycles. The number of rotatable bonds is 7. The van der Waals surface area contributed by atoms with Crippen LogP contribution in [0, 0.1) is 0 Å². The largest absolute Gasteiger partial charge is 0.383 e. The fourth-order valence-corrected chi connectivity index (χ4v) is 2.34. The fourth-order valence-electron chi connectivity index (χ4n) is 2.34. The third-order valence-corrected chi connectivity index (χ3v) is 3.59. The van der Waals surface area contributed by atoms with Gasteiger partial charge in [-0.1, -0.05) is 24.3 Å². The number of carbonyl (C=O) groups is 1. The summed E-state index contributed by atoms with van der Waals surface area (Å²) in [6.07, 6.45) is -0.367. The molecule has 1 unspecified atom stereocenters. The summed E-state index contributed by atoms with van der Waals surface area (Å²) < 4.78 is 36.8. The van der Waals surface area contributed by atoms with Crippen LogP contribution >= 0.6 is 0 Å². The van der Waals surface area contributed by atoms with Crippen LogP contribution in [0.5, 0.6) is 0 Å². The lowest BCUT2D eigenvalue weighted by atomic mass is 10.0. The average molecular weight is 326 g/mol. The third-order valence-electron chi connectivity index (χ3n) is 3.59. The molecule has 0 aliphatic carbocycles. The molecule has 23 heavy (non-hydrogen) atoms. The van der Waals surface area contributed by atoms with E-state index in [0.717, 1.165) is 0 Å². The molecule has 0 spiro atoms. The van der Waals surface area contributed by atoms with Crippen molar-refractivity contribution in [1.29, 1.82) is 0 Å². The highest BCUT2D eigenvalue weighted by atomic mass is 19.3. The lowest BCUT2D eigenvalue weighted by molar-refractivity contribution is -0.239. The Morgan fingerprint density at radius 3 is 3.00 bits per heavy atom. The standard InChI is InChI=1S/C16H20F2N2O3/c1-22-14(15(21)20-7-3-2-6-19)9-11-4-5-12-10-23-16(17,18)13(12)8-11/h2-5,8,14H,6-7,9-10,19H2,1H3,(H,20,21). The van der Waals surface area contributed by atoms with E-state index in [2.05, 4.69) is 10.1 Å². The Bertz CT molecular complexity index is 591. The zero-order valence-corrected chi connectivity index (χ0v) is 12.9. The van der Waals surface area contributed by atoms with E-state index in [1.165, 1.54) is 13.2 Å². The van der Waals surface area contributed by atoms with Gasteiger partial charge in [-0.2, -0.15) is 8.78 Å². The molecule has 2 rings (SSSR count). The van der Waals surface area contributed by atoms with Crippen LogP contribution in [0.4, 0.5) is 8.78 Å². The van der Waals surface area contributed by atoms with Gasteiger partial charge in [-0.15, -0.1) is 0 Å². The van der Waals surface area contributed by atoms with Crippen LogP contribution in [0.25, 0.3) is 0 Å². The van der Waals surface area contributed by atoms with E-state index >= 15 is 0 Å². The van der Waals surface area contributed by atoms with Gasteiger partial charge in [0.15, 0.2) is 0 Å². The Labute approximate surface area is 133 Å². The monoisotopic (exact) mass is 326 g/mol. The molecule has 1 heterocycles. The van der Waals surface area contributed by atoms with Crippen LogP contribution < -0.4 is 11.1 Å². The molecule has 1 aliphatic heterocycles. The van der Waals surface area contributed by atoms with Crippen molar-refractivity contribution in [3.05, 3.63) is 47.0 Å². The molecule has 0 saturated carbocycles. The minimum Gasteiger partial charge on any atom is -0.371 e. The van der Waals surface area contributed by atoms with Crippen molar-refractivity contribution < 1.29 is 23.0 Å². The number of alkyl halides is 2. The highest BCUT2D eigenvalue weighted by Gasteiger charge is 2.41. The second-order valence-electron chi connectivity index (χ2n) is 5.18. The van der Waals surface area contributed by atoms with Gasteiger partial charge < -0.3 is 20.5 Å². The zero-order chi connectivity index (χ0) is 16.9. The van der Waals surface area contributed by atoms with Gasteiger partial charge in [0.25, 0.3) is 0 Å². The minimum atomic E-state index is -3.27. The van der Waals surface area contributed by atoms with Crippen molar-refractivity contribution in [2.75, 3.05) is 20.2 Å². The lowest BCUT2D eigenvalue weighted by Gasteiger charge is -2.16. The molecule has 0 bridgehead atoms. The molecular weight excluding hydrogens is 306 g/mol. The molecule has 5 nitrogen and oxygen atoms in total. The summed E-state index contributed by atoms with van der Waals surface area (Å²) in [6, 6.07) is 4.67. The van der Waals surface area contributed by atoms with Gasteiger partial charge in [0, 0.05) is 26.6 Å². The number of ether oxygens (including phenoxy) is 2. The molecule has 126 valence electrons.